The van der Waals surface area contributed by atoms with Crippen LogP contribution in [0.25, 0.3) is 0 Å². The van der Waals surface area contributed by atoms with E-state index >= 15 is 0 Å². The van der Waals surface area contributed by atoms with Crippen LogP contribution in [0.3, 0.4) is 0 Å². The van der Waals surface area contributed by atoms with Gasteiger partial charge in [-0.1, -0.05) is 0 Å². The number of hydrogen-bond acceptors (Lipinski definition) is 0. The van der Waals surface area contributed by atoms with E-state index in [1.54, 1.807) is 0 Å². The molecule has 0 bridgehead atoms. The largest absolute Gasteiger partial charge is 2.00 e. The first kappa shape index (κ1) is 40.9. The summed E-state index contributed by atoms with van der Waals surface area (Å²) in [5, 5.41) is 0. The molecule has 0 unspecified atom stereocenters. The van der Waals surface area contributed by atoms with Crippen LogP contribution in [0.4, 0.5) is 0 Å². The van der Waals surface area contributed by atoms with E-state index in [9.17, 15) is 0 Å². The summed E-state index contributed by atoms with van der Waals surface area (Å²) >= 11 is 0. The third-order valence-electron chi connectivity index (χ3n) is 0. The molecule has 0 heterocycles. The summed E-state index contributed by atoms with van der Waals surface area (Å²) in [5.74, 6) is 0. The Morgan fingerprint density at radius 2 is 1.20 bits per heavy atom. The van der Waals surface area contributed by atoms with Crippen molar-refractivity contribution in [1.29, 1.82) is 0 Å². The SMILES string of the molecule is [AlH3].[H-].[H-].[Mg+2].[Sc].[SiH3].[Zr]. The Morgan fingerprint density at radius 1 is 1.20 bits per heavy atom. The number of rotatable bonds is 0. The maximum absolute atomic E-state index is 0. The Balaban J connectivity index is 0. The smallest absolute Gasteiger partial charge is 1.00 e. The first-order valence-corrected chi connectivity index (χ1v) is 0. The van der Waals surface area contributed by atoms with Gasteiger partial charge < -0.3 is 2.85 Å². The molecule has 0 nitrogen and oxygen atoms in total. The molecule has 5 heavy (non-hydrogen) atoms. The molecule has 0 aliphatic rings. The van der Waals surface area contributed by atoms with Crippen molar-refractivity contribution in [2.75, 3.05) is 0 Å². The average Bonchev–Trinajstić information content (AvgIpc) is 0. The van der Waals surface area contributed by atoms with Crippen molar-refractivity contribution in [3.05, 3.63) is 0 Å². The molecule has 0 aliphatic carbocycles. The zero-order valence-corrected chi connectivity index (χ0v) is 10.5. The maximum atomic E-state index is 0. The fraction of sp³-hybridized carbons (Fsp3) is 0. The van der Waals surface area contributed by atoms with Crippen molar-refractivity contribution in [1.82, 2.24) is 0 Å². The van der Waals surface area contributed by atoms with Gasteiger partial charge in [-0.15, -0.1) is 0 Å². The van der Waals surface area contributed by atoms with Gasteiger partial charge in [0, 0.05) is 52.0 Å². The predicted molar refractivity (Wildman–Crippen MR) is 27.9 cm³/mol. The van der Waals surface area contributed by atoms with E-state index < -0.39 is 0 Å². The molecule has 2 radical (unpaired) electrons. The Labute approximate surface area is 104 Å². The van der Waals surface area contributed by atoms with Gasteiger partial charge >= 0.3 is 23.1 Å². The van der Waals surface area contributed by atoms with E-state index in [4.69, 9.17) is 0 Å². The Morgan fingerprint density at radius 3 is 1.20 bits per heavy atom. The topological polar surface area (TPSA) is 0 Å². The minimum Gasteiger partial charge on any atom is -1.00 e. The van der Waals surface area contributed by atoms with Gasteiger partial charge in [0.25, 0.3) is 0 Å². The molecule has 5 heteroatoms. The summed E-state index contributed by atoms with van der Waals surface area (Å²) in [6.07, 6.45) is 0. The second kappa shape index (κ2) is 26.7. The first-order valence-electron chi connectivity index (χ1n) is 0. The summed E-state index contributed by atoms with van der Waals surface area (Å²) in [4.78, 5) is 0. The van der Waals surface area contributed by atoms with E-state index in [-0.39, 0.29) is 106 Å². The van der Waals surface area contributed by atoms with Crippen LogP contribution >= 0.6 is 0 Å². The molecule has 0 aromatic heterocycles. The Bertz CT molecular complexity index is 17.7. The normalized spacial score (nSPS) is 0. The van der Waals surface area contributed by atoms with Gasteiger partial charge in [0.2, 0.25) is 0 Å². The quantitative estimate of drug-likeness (QED) is 0.398. The molecule has 0 spiro atoms. The van der Waals surface area contributed by atoms with Crippen molar-refractivity contribution >= 4 is 51.4 Å². The van der Waals surface area contributed by atoms with Crippen LogP contribution in [0.1, 0.15) is 2.85 Å². The molecular formula is H8AlMgScSiZr. The molecule has 0 aromatic rings. The molecule has 0 amide bonds. The second-order valence-corrected chi connectivity index (χ2v) is 0. The third kappa shape index (κ3) is 18.9. The minimum atomic E-state index is 0. The summed E-state index contributed by atoms with van der Waals surface area (Å²) in [7, 11) is 0. The average molecular weight is 224 g/mol. The molecule has 24 valence electrons. The van der Waals surface area contributed by atoms with Gasteiger partial charge in [-0.2, -0.15) is 0 Å². The molecule has 0 atom stereocenters. The summed E-state index contributed by atoms with van der Waals surface area (Å²) in [6.45, 7) is 0. The molecule has 0 aliphatic heterocycles. The van der Waals surface area contributed by atoms with E-state index in [0.717, 1.165) is 0 Å². The van der Waals surface area contributed by atoms with Crippen molar-refractivity contribution in [3.63, 3.8) is 0 Å². The second-order valence-electron chi connectivity index (χ2n) is 0. The van der Waals surface area contributed by atoms with Crippen molar-refractivity contribution in [2.45, 2.75) is 0 Å². The van der Waals surface area contributed by atoms with Crippen molar-refractivity contribution in [3.8, 4) is 0 Å². The Kier molecular flexibility index (Phi) is 219. The van der Waals surface area contributed by atoms with Crippen molar-refractivity contribution < 1.29 is 54.9 Å². The Hall–Kier alpha value is 3.27. The third-order valence-corrected chi connectivity index (χ3v) is 0. The maximum Gasteiger partial charge on any atom is 2.00 e. The molecule has 0 fully saturated rings. The van der Waals surface area contributed by atoms with Crippen LogP contribution in [-0.4, -0.2) is 51.4 Å². The van der Waals surface area contributed by atoms with Crippen LogP contribution in [0, 0.1) is 0 Å². The van der Waals surface area contributed by atoms with Crippen LogP contribution in [0.15, 0.2) is 0 Å². The molecule has 0 aromatic carbocycles. The molecule has 0 rings (SSSR count). The molecule has 0 saturated carbocycles. The van der Waals surface area contributed by atoms with Gasteiger partial charge in [0.1, 0.15) is 0 Å². The fourth-order valence-corrected chi connectivity index (χ4v) is 0. The van der Waals surface area contributed by atoms with Gasteiger partial charge in [-0.3, -0.25) is 0 Å². The zero-order chi connectivity index (χ0) is 0. The van der Waals surface area contributed by atoms with Gasteiger partial charge in [-0.05, 0) is 11.0 Å². The fourth-order valence-electron chi connectivity index (χ4n) is 0. The van der Waals surface area contributed by atoms with Gasteiger partial charge in [-0.25, -0.2) is 0 Å². The van der Waals surface area contributed by atoms with Crippen LogP contribution < -0.4 is 0 Å². The van der Waals surface area contributed by atoms with E-state index in [2.05, 4.69) is 0 Å². The molecular weight excluding hydrogens is 216 g/mol. The van der Waals surface area contributed by atoms with E-state index in [1.165, 1.54) is 0 Å². The summed E-state index contributed by atoms with van der Waals surface area (Å²) in [6, 6.07) is 0. The standard InChI is InChI=1S/Al.Mg.Sc.H3Si.Zr.5H/h;;;1H3;;;;;;/q;+2;;;;;;;2*-1. The number of hydrogen-bond donors (Lipinski definition) is 0. The van der Waals surface area contributed by atoms with Gasteiger partial charge in [0.15, 0.2) is 17.4 Å². The van der Waals surface area contributed by atoms with Crippen molar-refractivity contribution in [2.24, 2.45) is 0 Å². The van der Waals surface area contributed by atoms with Crippen LogP contribution in [0.2, 0.25) is 0 Å². The van der Waals surface area contributed by atoms with E-state index in [1.807, 2.05) is 0 Å². The molecule has 0 N–H and O–H groups in total. The molecule has 0 saturated heterocycles. The predicted octanol–water partition coefficient (Wildman–Crippen LogP) is -2.53. The van der Waals surface area contributed by atoms with Gasteiger partial charge in [0.05, 0.1) is 0 Å². The van der Waals surface area contributed by atoms with E-state index in [0.29, 0.717) is 0 Å². The summed E-state index contributed by atoms with van der Waals surface area (Å²) < 4.78 is 0. The van der Waals surface area contributed by atoms with Crippen LogP contribution in [0.5, 0.6) is 0 Å². The minimum absolute atomic E-state index is 0. The summed E-state index contributed by atoms with van der Waals surface area (Å²) in [5.41, 5.74) is 0. The van der Waals surface area contributed by atoms with Crippen LogP contribution in [-0.2, 0) is 52.0 Å². The zero-order valence-electron chi connectivity index (χ0n) is 4.78. The first-order chi connectivity index (χ1) is 0. The monoisotopic (exact) mass is 222 g/mol.